The molecular weight excluding hydrogens is 290 g/mol. The first-order valence-corrected chi connectivity index (χ1v) is 6.58. The van der Waals surface area contributed by atoms with Crippen molar-refractivity contribution in [1.29, 1.82) is 0 Å². The molecule has 6 heteroatoms. The zero-order valence-electron chi connectivity index (χ0n) is 11.1. The smallest absolute Gasteiger partial charge is 0.261 e. The van der Waals surface area contributed by atoms with Crippen molar-refractivity contribution in [2.75, 3.05) is 0 Å². The summed E-state index contributed by atoms with van der Waals surface area (Å²) in [7, 11) is 0. The van der Waals surface area contributed by atoms with Gasteiger partial charge >= 0.3 is 0 Å². The molecule has 2 rings (SSSR count). The van der Waals surface area contributed by atoms with Crippen molar-refractivity contribution in [2.45, 2.75) is 6.54 Å². The molecule has 0 saturated carbocycles. The van der Waals surface area contributed by atoms with Crippen LogP contribution in [0.25, 0.3) is 0 Å². The van der Waals surface area contributed by atoms with E-state index in [0.717, 1.165) is 5.56 Å². The lowest BCUT2D eigenvalue weighted by molar-refractivity contribution is 0.0974. The molecule has 0 aliphatic carbocycles. The van der Waals surface area contributed by atoms with Crippen LogP contribution in [0.5, 0.6) is 5.75 Å². The number of hydrogen-bond donors (Lipinski definition) is 3. The van der Waals surface area contributed by atoms with Gasteiger partial charge in [0, 0.05) is 5.02 Å². The van der Waals surface area contributed by atoms with Gasteiger partial charge in [-0.3, -0.25) is 10.1 Å². The molecular formula is C15H14ClN3O2. The molecule has 0 aliphatic heterocycles. The van der Waals surface area contributed by atoms with Gasteiger partial charge in [-0.15, -0.1) is 0 Å². The van der Waals surface area contributed by atoms with Crippen molar-refractivity contribution in [1.82, 2.24) is 5.32 Å². The number of carbonyl (C=O) groups is 1. The molecule has 4 N–H and O–H groups in total. The van der Waals surface area contributed by atoms with E-state index in [2.05, 4.69) is 10.3 Å². The Morgan fingerprint density at radius 2 is 1.95 bits per heavy atom. The van der Waals surface area contributed by atoms with E-state index in [1.807, 2.05) is 30.3 Å². The van der Waals surface area contributed by atoms with Gasteiger partial charge in [0.2, 0.25) is 0 Å². The van der Waals surface area contributed by atoms with Gasteiger partial charge in [0.05, 0.1) is 12.1 Å². The maximum atomic E-state index is 11.9. The van der Waals surface area contributed by atoms with Crippen molar-refractivity contribution in [3.05, 3.63) is 64.7 Å². The summed E-state index contributed by atoms with van der Waals surface area (Å²) >= 11 is 5.79. The summed E-state index contributed by atoms with van der Waals surface area (Å²) in [5.74, 6) is -0.764. The molecule has 108 valence electrons. The zero-order valence-corrected chi connectivity index (χ0v) is 11.8. The average Bonchev–Trinajstić information content (AvgIpc) is 2.48. The van der Waals surface area contributed by atoms with Crippen LogP contribution in [0.2, 0.25) is 5.02 Å². The van der Waals surface area contributed by atoms with E-state index in [0.29, 0.717) is 11.6 Å². The molecule has 0 heterocycles. The van der Waals surface area contributed by atoms with Crippen LogP contribution in [0.4, 0.5) is 0 Å². The number of nitrogens with zero attached hydrogens (tertiary/aromatic N) is 1. The van der Waals surface area contributed by atoms with Crippen molar-refractivity contribution in [2.24, 2.45) is 10.7 Å². The predicted molar refractivity (Wildman–Crippen MR) is 82.4 cm³/mol. The molecule has 0 atom stereocenters. The SMILES string of the molecule is NC(=NCc1ccccc1)NC(=O)c1cc(Cl)ccc1O. The number of phenols is 1. The maximum Gasteiger partial charge on any atom is 0.261 e. The first kappa shape index (κ1) is 14.9. The topological polar surface area (TPSA) is 87.7 Å². The summed E-state index contributed by atoms with van der Waals surface area (Å²) in [5, 5.41) is 12.4. The van der Waals surface area contributed by atoms with Crippen LogP contribution in [-0.2, 0) is 6.54 Å². The summed E-state index contributed by atoms with van der Waals surface area (Å²) in [6.07, 6.45) is 0. The number of benzene rings is 2. The minimum Gasteiger partial charge on any atom is -0.507 e. The number of amides is 1. The third-order valence-corrected chi connectivity index (χ3v) is 2.95. The van der Waals surface area contributed by atoms with Gasteiger partial charge in [-0.1, -0.05) is 41.9 Å². The number of nitrogens with two attached hydrogens (primary N) is 1. The Morgan fingerprint density at radius 1 is 1.24 bits per heavy atom. The van der Waals surface area contributed by atoms with Crippen LogP contribution in [0.1, 0.15) is 15.9 Å². The summed E-state index contributed by atoms with van der Waals surface area (Å²) in [6, 6.07) is 13.7. The van der Waals surface area contributed by atoms with Gasteiger partial charge in [0.15, 0.2) is 5.96 Å². The second kappa shape index (κ2) is 6.76. The monoisotopic (exact) mass is 303 g/mol. The molecule has 0 aromatic heterocycles. The quantitative estimate of drug-likeness (QED) is 0.600. The predicted octanol–water partition coefficient (Wildman–Crippen LogP) is 2.29. The minimum absolute atomic E-state index is 0.0248. The highest BCUT2D eigenvalue weighted by atomic mass is 35.5. The molecule has 5 nitrogen and oxygen atoms in total. The molecule has 21 heavy (non-hydrogen) atoms. The number of nitrogens with one attached hydrogen (secondary N) is 1. The van der Waals surface area contributed by atoms with Crippen LogP contribution in [0.3, 0.4) is 0 Å². The van der Waals surface area contributed by atoms with Crippen molar-refractivity contribution < 1.29 is 9.90 Å². The third-order valence-electron chi connectivity index (χ3n) is 2.72. The van der Waals surface area contributed by atoms with Gasteiger partial charge in [0.1, 0.15) is 5.75 Å². The lowest BCUT2D eigenvalue weighted by Gasteiger charge is -2.06. The highest BCUT2D eigenvalue weighted by Crippen LogP contribution is 2.21. The molecule has 0 unspecified atom stereocenters. The fraction of sp³-hybridized carbons (Fsp3) is 0.0667. The largest absolute Gasteiger partial charge is 0.507 e. The molecule has 2 aromatic rings. The first-order chi connectivity index (χ1) is 10.1. The molecule has 0 aliphatic rings. The van der Waals surface area contributed by atoms with Gasteiger partial charge < -0.3 is 10.8 Å². The highest BCUT2D eigenvalue weighted by Gasteiger charge is 2.12. The maximum absolute atomic E-state index is 11.9. The van der Waals surface area contributed by atoms with E-state index in [4.69, 9.17) is 17.3 Å². The normalized spacial score (nSPS) is 11.2. The number of rotatable bonds is 3. The van der Waals surface area contributed by atoms with Crippen LogP contribution < -0.4 is 11.1 Å². The Hall–Kier alpha value is -2.53. The van der Waals surface area contributed by atoms with E-state index in [-0.39, 0.29) is 17.3 Å². The molecule has 0 bridgehead atoms. The first-order valence-electron chi connectivity index (χ1n) is 6.20. The van der Waals surface area contributed by atoms with Crippen LogP contribution in [-0.4, -0.2) is 17.0 Å². The van der Waals surface area contributed by atoms with E-state index in [9.17, 15) is 9.90 Å². The number of aromatic hydroxyl groups is 1. The summed E-state index contributed by atoms with van der Waals surface area (Å²) in [4.78, 5) is 16.0. The van der Waals surface area contributed by atoms with Crippen molar-refractivity contribution in [3.63, 3.8) is 0 Å². The Balaban J connectivity index is 2.03. The number of halogens is 1. The molecule has 1 amide bonds. The molecule has 0 spiro atoms. The van der Waals surface area contributed by atoms with E-state index < -0.39 is 5.91 Å². The van der Waals surface area contributed by atoms with Crippen LogP contribution in [0, 0.1) is 0 Å². The molecule has 2 aromatic carbocycles. The molecule has 0 radical (unpaired) electrons. The average molecular weight is 304 g/mol. The lowest BCUT2D eigenvalue weighted by atomic mass is 10.2. The number of carbonyl (C=O) groups excluding carboxylic acids is 1. The van der Waals surface area contributed by atoms with Gasteiger partial charge in [-0.2, -0.15) is 0 Å². The fourth-order valence-electron chi connectivity index (χ4n) is 1.67. The summed E-state index contributed by atoms with van der Waals surface area (Å²) in [5.41, 5.74) is 6.67. The minimum atomic E-state index is -0.565. The Morgan fingerprint density at radius 3 is 2.67 bits per heavy atom. The standard InChI is InChI=1S/C15H14ClN3O2/c16-11-6-7-13(20)12(8-11)14(21)19-15(17)18-9-10-4-2-1-3-5-10/h1-8,20H,9H2,(H3,17,18,19,21). The summed E-state index contributed by atoms with van der Waals surface area (Å²) in [6.45, 7) is 0.356. The van der Waals surface area contributed by atoms with E-state index in [1.165, 1.54) is 18.2 Å². The Bertz CT molecular complexity index is 672. The van der Waals surface area contributed by atoms with Crippen LogP contribution in [0.15, 0.2) is 53.5 Å². The number of phenolic OH excluding ortho intramolecular Hbond substituents is 1. The van der Waals surface area contributed by atoms with Crippen molar-refractivity contribution >= 4 is 23.5 Å². The van der Waals surface area contributed by atoms with E-state index in [1.54, 1.807) is 0 Å². The van der Waals surface area contributed by atoms with Gasteiger partial charge in [-0.25, -0.2) is 4.99 Å². The number of guanidine groups is 1. The van der Waals surface area contributed by atoms with Crippen molar-refractivity contribution in [3.8, 4) is 5.75 Å². The van der Waals surface area contributed by atoms with Gasteiger partial charge in [-0.05, 0) is 23.8 Å². The second-order valence-corrected chi connectivity index (χ2v) is 4.74. The Kier molecular flexibility index (Phi) is 4.79. The molecule has 0 saturated heterocycles. The molecule has 0 fully saturated rings. The van der Waals surface area contributed by atoms with E-state index >= 15 is 0 Å². The van der Waals surface area contributed by atoms with Crippen LogP contribution >= 0.6 is 11.6 Å². The number of aliphatic imine (C=N–C) groups is 1. The van der Waals surface area contributed by atoms with Gasteiger partial charge in [0.25, 0.3) is 5.91 Å². The second-order valence-electron chi connectivity index (χ2n) is 4.30. The third kappa shape index (κ3) is 4.22. The fourth-order valence-corrected chi connectivity index (χ4v) is 1.85. The highest BCUT2D eigenvalue weighted by molar-refractivity contribution is 6.31. The summed E-state index contributed by atoms with van der Waals surface area (Å²) < 4.78 is 0. The zero-order chi connectivity index (χ0) is 15.2. The Labute approximate surface area is 127 Å². The number of hydrogen-bond acceptors (Lipinski definition) is 3. The lowest BCUT2D eigenvalue weighted by Crippen LogP contribution is -2.36.